The van der Waals surface area contributed by atoms with E-state index in [1.165, 1.54) is 16.8 Å². The summed E-state index contributed by atoms with van der Waals surface area (Å²) >= 11 is 0. The predicted octanol–water partition coefficient (Wildman–Crippen LogP) is 0.250. The highest BCUT2D eigenvalue weighted by Gasteiger charge is 2.29. The van der Waals surface area contributed by atoms with Gasteiger partial charge in [-0.05, 0) is 30.5 Å². The Morgan fingerprint density at radius 2 is 1.93 bits per heavy atom. The lowest BCUT2D eigenvalue weighted by Gasteiger charge is -2.32. The molecule has 0 bridgehead atoms. The van der Waals surface area contributed by atoms with Crippen LogP contribution in [0.5, 0.6) is 0 Å². The van der Waals surface area contributed by atoms with Crippen LogP contribution in [0, 0.1) is 5.92 Å². The Balaban J connectivity index is 1.91. The van der Waals surface area contributed by atoms with E-state index in [-0.39, 0.29) is 31.4 Å². The number of hydrogen-bond acceptors (Lipinski definition) is 4. The number of nitrogens with zero attached hydrogens (tertiary/aromatic N) is 2. The van der Waals surface area contributed by atoms with Crippen molar-refractivity contribution in [3.8, 4) is 0 Å². The molecule has 1 aromatic rings. The zero-order chi connectivity index (χ0) is 20.0. The van der Waals surface area contributed by atoms with E-state index in [9.17, 15) is 19.2 Å². The van der Waals surface area contributed by atoms with Gasteiger partial charge in [0.1, 0.15) is 0 Å². The summed E-state index contributed by atoms with van der Waals surface area (Å²) in [6.45, 7) is 0.831. The molecule has 27 heavy (non-hydrogen) atoms. The first-order valence-electron chi connectivity index (χ1n) is 8.66. The molecule has 1 aromatic carbocycles. The van der Waals surface area contributed by atoms with Crippen molar-refractivity contribution < 1.29 is 24.3 Å². The molecule has 2 rings (SSSR count). The molecular formula is C18H24N4O5. The van der Waals surface area contributed by atoms with E-state index >= 15 is 0 Å². The number of benzene rings is 1. The maximum Gasteiger partial charge on any atom is 0.312 e. The van der Waals surface area contributed by atoms with Gasteiger partial charge in [0.25, 0.3) is 5.91 Å². The largest absolute Gasteiger partial charge is 0.481 e. The van der Waals surface area contributed by atoms with Gasteiger partial charge in [-0.3, -0.25) is 14.4 Å². The van der Waals surface area contributed by atoms with Crippen molar-refractivity contribution in [2.75, 3.05) is 26.7 Å². The highest BCUT2D eigenvalue weighted by molar-refractivity contribution is 5.96. The molecule has 1 aliphatic heterocycles. The number of amides is 4. The Labute approximate surface area is 157 Å². The third-order valence-corrected chi connectivity index (χ3v) is 4.51. The number of primary amides is 1. The number of likely N-dealkylation sites (tertiary alicyclic amines) is 1. The van der Waals surface area contributed by atoms with Crippen molar-refractivity contribution in [3.05, 3.63) is 35.4 Å². The number of carboxylic acids is 1. The first kappa shape index (κ1) is 20.2. The molecule has 0 radical (unpaired) electrons. The Bertz CT molecular complexity index is 719. The van der Waals surface area contributed by atoms with Crippen LogP contribution in [0.2, 0.25) is 0 Å². The van der Waals surface area contributed by atoms with E-state index in [1.54, 1.807) is 24.3 Å². The van der Waals surface area contributed by atoms with Crippen LogP contribution in [-0.2, 0) is 16.1 Å². The molecule has 0 spiro atoms. The summed E-state index contributed by atoms with van der Waals surface area (Å²) in [6.07, 6.45) is 1.20. The average Bonchev–Trinajstić information content (AvgIpc) is 2.66. The highest BCUT2D eigenvalue weighted by Crippen LogP contribution is 2.17. The summed E-state index contributed by atoms with van der Waals surface area (Å²) in [5, 5.41) is 11.6. The fraction of sp³-hybridized carbons (Fsp3) is 0.444. The molecule has 4 N–H and O–H groups in total. The van der Waals surface area contributed by atoms with Gasteiger partial charge >= 0.3 is 12.0 Å². The second-order valence-electron chi connectivity index (χ2n) is 6.59. The standard InChI is InChI=1S/C18H24N4O5/c1-21(11-15(23)22-8-2-3-14(10-22)17(25)26)16(24)13-6-4-12(5-7-13)9-20-18(19)27/h4-7,14H,2-3,8-11H2,1H3,(H,25,26)(H3,19,20,27). The van der Waals surface area contributed by atoms with E-state index in [0.717, 1.165) is 5.56 Å². The van der Waals surface area contributed by atoms with Crippen LogP contribution in [-0.4, -0.2) is 65.4 Å². The molecule has 1 unspecified atom stereocenters. The molecule has 1 saturated heterocycles. The first-order chi connectivity index (χ1) is 12.8. The zero-order valence-corrected chi connectivity index (χ0v) is 15.2. The summed E-state index contributed by atoms with van der Waals surface area (Å²) in [4.78, 5) is 49.5. The Hall–Kier alpha value is -3.10. The molecule has 0 aliphatic carbocycles. The number of likely N-dealkylation sites (N-methyl/N-ethyl adjacent to an activating group) is 1. The number of carboxylic acid groups (broad SMARTS) is 1. The van der Waals surface area contributed by atoms with Gasteiger partial charge in [0.05, 0.1) is 12.5 Å². The number of urea groups is 1. The normalized spacial score (nSPS) is 16.5. The lowest BCUT2D eigenvalue weighted by molar-refractivity contribution is -0.145. The van der Waals surface area contributed by atoms with Gasteiger partial charge in [0.15, 0.2) is 0 Å². The van der Waals surface area contributed by atoms with Gasteiger partial charge in [-0.1, -0.05) is 12.1 Å². The van der Waals surface area contributed by atoms with E-state index in [2.05, 4.69) is 5.32 Å². The van der Waals surface area contributed by atoms with Gasteiger partial charge in [-0.25, -0.2) is 4.79 Å². The van der Waals surface area contributed by atoms with Crippen LogP contribution in [0.4, 0.5) is 4.79 Å². The molecule has 9 heteroatoms. The number of rotatable bonds is 6. The van der Waals surface area contributed by atoms with E-state index in [0.29, 0.717) is 24.9 Å². The Kier molecular flexibility index (Phi) is 6.75. The molecule has 0 saturated carbocycles. The van der Waals surface area contributed by atoms with E-state index in [4.69, 9.17) is 10.8 Å². The van der Waals surface area contributed by atoms with Crippen molar-refractivity contribution in [1.29, 1.82) is 0 Å². The minimum Gasteiger partial charge on any atom is -0.481 e. The van der Waals surface area contributed by atoms with Crippen LogP contribution in [0.15, 0.2) is 24.3 Å². The van der Waals surface area contributed by atoms with Crippen molar-refractivity contribution in [2.24, 2.45) is 11.7 Å². The first-order valence-corrected chi connectivity index (χ1v) is 8.66. The number of nitrogens with one attached hydrogen (secondary N) is 1. The molecule has 146 valence electrons. The van der Waals surface area contributed by atoms with Crippen LogP contribution in [0.25, 0.3) is 0 Å². The molecule has 1 heterocycles. The van der Waals surface area contributed by atoms with E-state index < -0.39 is 17.9 Å². The number of piperidine rings is 1. The van der Waals surface area contributed by atoms with Crippen molar-refractivity contribution in [2.45, 2.75) is 19.4 Å². The highest BCUT2D eigenvalue weighted by atomic mass is 16.4. The molecule has 1 fully saturated rings. The fourth-order valence-electron chi connectivity index (χ4n) is 2.95. The quantitative estimate of drug-likeness (QED) is 0.654. The van der Waals surface area contributed by atoms with Crippen molar-refractivity contribution in [1.82, 2.24) is 15.1 Å². The summed E-state index contributed by atoms with van der Waals surface area (Å²) in [5.41, 5.74) is 6.21. The van der Waals surface area contributed by atoms with Gasteiger partial charge in [0, 0.05) is 32.2 Å². The molecule has 4 amide bonds. The topological polar surface area (TPSA) is 133 Å². The van der Waals surface area contributed by atoms with Gasteiger partial charge in [0.2, 0.25) is 5.91 Å². The van der Waals surface area contributed by atoms with Crippen molar-refractivity contribution >= 4 is 23.8 Å². The number of nitrogens with two attached hydrogens (primary N) is 1. The molecule has 1 atom stereocenters. The monoisotopic (exact) mass is 376 g/mol. The number of aliphatic carboxylic acids is 1. The fourth-order valence-corrected chi connectivity index (χ4v) is 2.95. The molecule has 1 aliphatic rings. The molecular weight excluding hydrogens is 352 g/mol. The van der Waals surface area contributed by atoms with Gasteiger partial charge < -0.3 is 26.0 Å². The second kappa shape index (κ2) is 9.02. The predicted molar refractivity (Wildman–Crippen MR) is 96.8 cm³/mol. The number of hydrogen-bond donors (Lipinski definition) is 3. The molecule has 0 aromatic heterocycles. The lowest BCUT2D eigenvalue weighted by Crippen LogP contribution is -2.46. The number of carbonyl (C=O) groups is 4. The molecule has 9 nitrogen and oxygen atoms in total. The maximum absolute atomic E-state index is 12.5. The Morgan fingerprint density at radius 1 is 1.26 bits per heavy atom. The van der Waals surface area contributed by atoms with Crippen LogP contribution in [0.3, 0.4) is 0 Å². The lowest BCUT2D eigenvalue weighted by atomic mass is 9.98. The summed E-state index contributed by atoms with van der Waals surface area (Å²) < 4.78 is 0. The van der Waals surface area contributed by atoms with Crippen LogP contribution >= 0.6 is 0 Å². The Morgan fingerprint density at radius 3 is 2.52 bits per heavy atom. The summed E-state index contributed by atoms with van der Waals surface area (Å²) in [7, 11) is 1.53. The average molecular weight is 376 g/mol. The smallest absolute Gasteiger partial charge is 0.312 e. The van der Waals surface area contributed by atoms with Gasteiger partial charge in [-0.15, -0.1) is 0 Å². The third kappa shape index (κ3) is 5.70. The minimum atomic E-state index is -0.900. The van der Waals surface area contributed by atoms with Crippen LogP contribution < -0.4 is 11.1 Å². The van der Waals surface area contributed by atoms with Gasteiger partial charge in [-0.2, -0.15) is 0 Å². The number of carbonyl (C=O) groups excluding carboxylic acids is 3. The van der Waals surface area contributed by atoms with E-state index in [1.807, 2.05) is 0 Å². The SMILES string of the molecule is CN(CC(=O)N1CCCC(C(=O)O)C1)C(=O)c1ccc(CNC(N)=O)cc1. The summed E-state index contributed by atoms with van der Waals surface area (Å²) in [6, 6.07) is 5.99. The minimum absolute atomic E-state index is 0.115. The second-order valence-corrected chi connectivity index (χ2v) is 6.59. The summed E-state index contributed by atoms with van der Waals surface area (Å²) in [5.74, 6) is -2.03. The zero-order valence-electron chi connectivity index (χ0n) is 15.2. The van der Waals surface area contributed by atoms with Crippen LogP contribution in [0.1, 0.15) is 28.8 Å². The maximum atomic E-state index is 12.5. The third-order valence-electron chi connectivity index (χ3n) is 4.51. The van der Waals surface area contributed by atoms with Crippen molar-refractivity contribution in [3.63, 3.8) is 0 Å².